The van der Waals surface area contributed by atoms with Crippen molar-refractivity contribution in [3.05, 3.63) is 23.3 Å². The van der Waals surface area contributed by atoms with Crippen LogP contribution >= 0.6 is 0 Å². The maximum atomic E-state index is 12.3. The molecule has 0 unspecified atom stereocenters. The highest BCUT2D eigenvalue weighted by molar-refractivity contribution is 5.70. The van der Waals surface area contributed by atoms with Gasteiger partial charge in [-0.25, -0.2) is 4.79 Å². The van der Waals surface area contributed by atoms with Gasteiger partial charge in [0.15, 0.2) is 0 Å². The molecule has 1 heterocycles. The molecule has 1 amide bonds. The van der Waals surface area contributed by atoms with Crippen LogP contribution in [-0.4, -0.2) is 40.9 Å². The van der Waals surface area contributed by atoms with Gasteiger partial charge in [-0.05, 0) is 70.3 Å². The van der Waals surface area contributed by atoms with Crippen LogP contribution in [-0.2, 0) is 4.74 Å². The fourth-order valence-electron chi connectivity index (χ4n) is 3.61. The summed E-state index contributed by atoms with van der Waals surface area (Å²) in [6.07, 6.45) is 11.5. The Hall–Kier alpha value is -1.29. The first kappa shape index (κ1) is 16.6. The van der Waals surface area contributed by atoms with Crippen LogP contribution in [0.3, 0.4) is 0 Å². The van der Waals surface area contributed by atoms with Crippen molar-refractivity contribution in [3.63, 3.8) is 0 Å². The average molecular weight is 319 g/mol. The van der Waals surface area contributed by atoms with E-state index in [0.717, 1.165) is 12.8 Å². The molecule has 3 rings (SSSR count). The largest absolute Gasteiger partial charge is 0.444 e. The zero-order valence-corrected chi connectivity index (χ0v) is 14.6. The lowest BCUT2D eigenvalue weighted by Crippen LogP contribution is -2.41. The second kappa shape index (κ2) is 5.97. The van der Waals surface area contributed by atoms with E-state index in [0.29, 0.717) is 12.0 Å². The molecule has 23 heavy (non-hydrogen) atoms. The highest BCUT2D eigenvalue weighted by atomic mass is 16.6. The quantitative estimate of drug-likeness (QED) is 0.842. The van der Waals surface area contributed by atoms with Crippen LogP contribution in [0.5, 0.6) is 0 Å². The first-order valence-electron chi connectivity index (χ1n) is 8.79. The Morgan fingerprint density at radius 2 is 2.17 bits per heavy atom. The van der Waals surface area contributed by atoms with Crippen molar-refractivity contribution in [3.8, 4) is 0 Å². The van der Waals surface area contributed by atoms with E-state index < -0.39 is 5.60 Å². The minimum absolute atomic E-state index is 0.0151. The molecule has 0 aromatic heterocycles. The first-order valence-corrected chi connectivity index (χ1v) is 8.79. The average Bonchev–Trinajstić information content (AvgIpc) is 3.09. The highest BCUT2D eigenvalue weighted by Crippen LogP contribution is 2.55. The standard InChI is InChI=1S/C19H29NO3/c1-18(2,3)23-17(22)20-12-15(11-16(20)13-21)10-14-4-6-19(7-5-14)8-9-19/h4,10,16,21H,5-9,11-13H2,1-3H3/t16-/m0/s1. The minimum atomic E-state index is -0.506. The first-order chi connectivity index (χ1) is 10.8. The van der Waals surface area contributed by atoms with Crippen molar-refractivity contribution in [1.29, 1.82) is 0 Å². The zero-order valence-electron chi connectivity index (χ0n) is 14.6. The van der Waals surface area contributed by atoms with Crippen LogP contribution in [0, 0.1) is 5.41 Å². The van der Waals surface area contributed by atoms with Gasteiger partial charge in [0.05, 0.1) is 12.6 Å². The summed E-state index contributed by atoms with van der Waals surface area (Å²) in [5.74, 6) is 0. The fourth-order valence-corrected chi connectivity index (χ4v) is 3.61. The normalized spacial score (nSPS) is 28.2. The van der Waals surface area contributed by atoms with Gasteiger partial charge in [0.1, 0.15) is 5.60 Å². The molecule has 4 nitrogen and oxygen atoms in total. The fraction of sp³-hybridized carbons (Fsp3) is 0.737. The topological polar surface area (TPSA) is 49.8 Å². The van der Waals surface area contributed by atoms with Crippen LogP contribution < -0.4 is 0 Å². The third-order valence-electron chi connectivity index (χ3n) is 5.24. The molecule has 1 aliphatic heterocycles. The lowest BCUT2D eigenvalue weighted by molar-refractivity contribution is 0.0178. The number of aliphatic hydroxyl groups excluding tert-OH is 1. The van der Waals surface area contributed by atoms with Crippen molar-refractivity contribution in [1.82, 2.24) is 4.90 Å². The molecule has 0 radical (unpaired) electrons. The molecule has 4 heteroatoms. The number of rotatable bonds is 2. The molecule has 0 aromatic rings. The Bertz CT molecular complexity index is 537. The summed E-state index contributed by atoms with van der Waals surface area (Å²) >= 11 is 0. The van der Waals surface area contributed by atoms with Gasteiger partial charge in [0.2, 0.25) is 0 Å². The van der Waals surface area contributed by atoms with Crippen molar-refractivity contribution >= 4 is 6.09 Å². The molecular formula is C19H29NO3. The minimum Gasteiger partial charge on any atom is -0.444 e. The Kier molecular flexibility index (Phi) is 4.30. The number of aliphatic hydroxyl groups is 1. The molecule has 1 saturated carbocycles. The Balaban J connectivity index is 1.65. The number of likely N-dealkylation sites (tertiary alicyclic amines) is 1. The molecule has 128 valence electrons. The van der Waals surface area contributed by atoms with Gasteiger partial charge in [0.25, 0.3) is 0 Å². The molecular weight excluding hydrogens is 290 g/mol. The van der Waals surface area contributed by atoms with Gasteiger partial charge in [-0.3, -0.25) is 4.90 Å². The SMILES string of the molecule is CC(C)(C)OC(=O)N1CC(=CC2=CCC3(CC2)CC3)C[C@H]1CO. The van der Waals surface area contributed by atoms with Gasteiger partial charge in [-0.15, -0.1) is 0 Å². The maximum absolute atomic E-state index is 12.3. The summed E-state index contributed by atoms with van der Waals surface area (Å²) in [7, 11) is 0. The van der Waals surface area contributed by atoms with Gasteiger partial charge in [-0.1, -0.05) is 17.7 Å². The third-order valence-corrected chi connectivity index (χ3v) is 5.24. The summed E-state index contributed by atoms with van der Waals surface area (Å²) in [5.41, 5.74) is 2.77. The summed E-state index contributed by atoms with van der Waals surface area (Å²) in [4.78, 5) is 14.0. The highest BCUT2D eigenvalue weighted by Gasteiger charge is 2.42. The molecule has 1 spiro atoms. The zero-order chi connectivity index (χ0) is 16.7. The van der Waals surface area contributed by atoms with E-state index in [1.54, 1.807) is 4.90 Å². The number of nitrogens with zero attached hydrogens (tertiary/aromatic N) is 1. The number of hydrogen-bond acceptors (Lipinski definition) is 3. The Morgan fingerprint density at radius 3 is 2.70 bits per heavy atom. The molecule has 1 saturated heterocycles. The van der Waals surface area contributed by atoms with Crippen molar-refractivity contribution in [2.45, 2.75) is 70.9 Å². The molecule has 2 aliphatic carbocycles. The van der Waals surface area contributed by atoms with Crippen LogP contribution in [0.4, 0.5) is 4.79 Å². The number of ether oxygens (including phenoxy) is 1. The van der Waals surface area contributed by atoms with Crippen molar-refractivity contribution in [2.24, 2.45) is 5.41 Å². The summed E-state index contributed by atoms with van der Waals surface area (Å²) in [6, 6.07) is -0.157. The second-order valence-electron chi connectivity index (χ2n) is 8.43. The summed E-state index contributed by atoms with van der Waals surface area (Å²) in [6.45, 7) is 6.16. The molecule has 2 fully saturated rings. The Labute approximate surface area is 139 Å². The number of allylic oxidation sites excluding steroid dienone is 3. The van der Waals surface area contributed by atoms with E-state index in [2.05, 4.69) is 12.2 Å². The Morgan fingerprint density at radius 1 is 1.43 bits per heavy atom. The third kappa shape index (κ3) is 3.97. The van der Waals surface area contributed by atoms with Crippen LogP contribution in [0.25, 0.3) is 0 Å². The number of amides is 1. The smallest absolute Gasteiger partial charge is 0.410 e. The van der Waals surface area contributed by atoms with Gasteiger partial charge < -0.3 is 9.84 Å². The van der Waals surface area contributed by atoms with Crippen molar-refractivity contribution in [2.75, 3.05) is 13.2 Å². The molecule has 1 N–H and O–H groups in total. The van der Waals surface area contributed by atoms with E-state index in [1.165, 1.54) is 36.8 Å². The van der Waals surface area contributed by atoms with Crippen molar-refractivity contribution < 1.29 is 14.6 Å². The summed E-state index contributed by atoms with van der Waals surface area (Å²) < 4.78 is 5.46. The molecule has 0 bridgehead atoms. The van der Waals surface area contributed by atoms with Crippen LogP contribution in [0.2, 0.25) is 0 Å². The molecule has 0 aromatic carbocycles. The van der Waals surface area contributed by atoms with E-state index in [4.69, 9.17) is 4.74 Å². The number of carbonyl (C=O) groups excluding carboxylic acids is 1. The summed E-state index contributed by atoms with van der Waals surface area (Å²) in [5, 5.41) is 9.59. The van der Waals surface area contributed by atoms with E-state index in [-0.39, 0.29) is 18.7 Å². The second-order valence-corrected chi connectivity index (χ2v) is 8.43. The monoisotopic (exact) mass is 319 g/mol. The maximum Gasteiger partial charge on any atom is 0.410 e. The number of carbonyl (C=O) groups is 1. The molecule has 1 atom stereocenters. The van der Waals surface area contributed by atoms with E-state index in [1.807, 2.05) is 20.8 Å². The van der Waals surface area contributed by atoms with E-state index in [9.17, 15) is 9.90 Å². The van der Waals surface area contributed by atoms with Gasteiger partial charge in [0, 0.05) is 6.54 Å². The lowest BCUT2D eigenvalue weighted by atomic mass is 9.86. The van der Waals surface area contributed by atoms with Crippen LogP contribution in [0.1, 0.15) is 59.3 Å². The number of hydrogen-bond donors (Lipinski definition) is 1. The predicted octanol–water partition coefficient (Wildman–Crippen LogP) is 3.81. The van der Waals surface area contributed by atoms with Crippen LogP contribution in [0.15, 0.2) is 23.3 Å². The van der Waals surface area contributed by atoms with Gasteiger partial charge in [-0.2, -0.15) is 0 Å². The van der Waals surface area contributed by atoms with Gasteiger partial charge >= 0.3 is 6.09 Å². The predicted molar refractivity (Wildman–Crippen MR) is 90.1 cm³/mol. The lowest BCUT2D eigenvalue weighted by Gasteiger charge is -2.27. The van der Waals surface area contributed by atoms with E-state index >= 15 is 0 Å². The molecule has 3 aliphatic rings.